The highest BCUT2D eigenvalue weighted by Gasteiger charge is 2.30. The summed E-state index contributed by atoms with van der Waals surface area (Å²) < 4.78 is 2.83. The summed E-state index contributed by atoms with van der Waals surface area (Å²) in [5.41, 5.74) is -0.0215. The van der Waals surface area contributed by atoms with E-state index in [1.807, 2.05) is 4.68 Å². The lowest BCUT2D eigenvalue weighted by atomic mass is 9.88. The van der Waals surface area contributed by atoms with Gasteiger partial charge in [-0.1, -0.05) is 82.0 Å². The number of nitrogens with zero attached hydrogens (tertiary/aromatic N) is 2. The van der Waals surface area contributed by atoms with Crippen LogP contribution in [-0.4, -0.2) is 9.78 Å². The number of rotatable bonds is 10. The van der Waals surface area contributed by atoms with Crippen molar-refractivity contribution in [3.05, 3.63) is 13.9 Å². The fourth-order valence-electron chi connectivity index (χ4n) is 2.72. The van der Waals surface area contributed by atoms with E-state index in [0.29, 0.717) is 10.3 Å². The normalized spacial score (nSPS) is 14.4. The molecule has 0 spiro atoms. The molecule has 0 aromatic carbocycles. The molecule has 1 heterocycles. The Balaban J connectivity index is 2.79. The third kappa shape index (κ3) is 5.58. The van der Waals surface area contributed by atoms with Gasteiger partial charge < -0.3 is 0 Å². The third-order valence-electron chi connectivity index (χ3n) is 4.14. The monoisotopic (exact) mass is 444 g/mol. The zero-order valence-electron chi connectivity index (χ0n) is 13.4. The van der Waals surface area contributed by atoms with Crippen LogP contribution in [0.15, 0.2) is 0 Å². The van der Waals surface area contributed by atoms with Gasteiger partial charge in [0.1, 0.15) is 5.15 Å². The smallest absolute Gasteiger partial charge is 0.166 e. The van der Waals surface area contributed by atoms with Crippen molar-refractivity contribution in [3.63, 3.8) is 0 Å². The largest absolute Gasteiger partial charge is 0.246 e. The van der Waals surface area contributed by atoms with Gasteiger partial charge in [-0.05, 0) is 42.4 Å². The van der Waals surface area contributed by atoms with Crippen molar-refractivity contribution in [2.75, 3.05) is 0 Å². The Morgan fingerprint density at radius 3 is 2.10 bits per heavy atom. The number of aromatic nitrogens is 2. The molecule has 1 rings (SSSR count). The number of halogens is 3. The maximum Gasteiger partial charge on any atom is 0.166 e. The van der Waals surface area contributed by atoms with Crippen LogP contribution >= 0.6 is 45.8 Å². The summed E-state index contributed by atoms with van der Waals surface area (Å²) in [6.07, 6.45) is 11.1. The van der Waals surface area contributed by atoms with Crippen LogP contribution in [-0.2, 0) is 5.54 Å². The molecule has 1 unspecified atom stereocenters. The molecule has 0 amide bonds. The summed E-state index contributed by atoms with van der Waals surface area (Å²) >= 11 is 14.8. The van der Waals surface area contributed by atoms with Crippen LogP contribution in [0.3, 0.4) is 0 Å². The Morgan fingerprint density at radius 1 is 1.00 bits per heavy atom. The molecule has 0 saturated carbocycles. The van der Waals surface area contributed by atoms with Crippen molar-refractivity contribution < 1.29 is 0 Å². The van der Waals surface area contributed by atoms with Crippen LogP contribution in [0.25, 0.3) is 0 Å². The highest BCUT2D eigenvalue weighted by molar-refractivity contribution is 14.1. The number of hydrogen-bond donors (Lipinski definition) is 0. The zero-order valence-corrected chi connectivity index (χ0v) is 17.1. The molecule has 1 aromatic heterocycles. The summed E-state index contributed by atoms with van der Waals surface area (Å²) in [4.78, 5) is 0. The predicted molar refractivity (Wildman–Crippen MR) is 102 cm³/mol. The second-order valence-corrected chi connectivity index (χ2v) is 7.87. The molecule has 122 valence electrons. The van der Waals surface area contributed by atoms with E-state index in [0.717, 1.165) is 16.4 Å². The highest BCUT2D eigenvalue weighted by atomic mass is 127. The molecule has 21 heavy (non-hydrogen) atoms. The maximum atomic E-state index is 6.45. The Labute approximate surface area is 153 Å². The van der Waals surface area contributed by atoms with Crippen LogP contribution in [0.5, 0.6) is 0 Å². The molecule has 2 nitrogen and oxygen atoms in total. The summed E-state index contributed by atoms with van der Waals surface area (Å²) in [5.74, 6) is 0. The molecule has 0 aliphatic rings. The quantitative estimate of drug-likeness (QED) is 0.279. The van der Waals surface area contributed by atoms with Gasteiger partial charge in [0.25, 0.3) is 0 Å². The average Bonchev–Trinajstić information content (AvgIpc) is 2.73. The van der Waals surface area contributed by atoms with Gasteiger partial charge in [0.2, 0.25) is 0 Å². The molecular formula is C16H27Cl2IN2. The van der Waals surface area contributed by atoms with Gasteiger partial charge in [0, 0.05) is 0 Å². The first kappa shape index (κ1) is 19.6. The van der Waals surface area contributed by atoms with Crippen molar-refractivity contribution in [2.24, 2.45) is 0 Å². The first-order valence-corrected chi connectivity index (χ1v) is 9.89. The first-order chi connectivity index (χ1) is 9.96. The zero-order chi connectivity index (χ0) is 15.9. The lowest BCUT2D eigenvalue weighted by Crippen LogP contribution is -2.31. The molecule has 0 fully saturated rings. The van der Waals surface area contributed by atoms with E-state index < -0.39 is 0 Å². The highest BCUT2D eigenvalue weighted by Crippen LogP contribution is 2.36. The van der Waals surface area contributed by atoms with Crippen LogP contribution in [0, 0.1) is 3.57 Å². The molecule has 1 aromatic rings. The van der Waals surface area contributed by atoms with E-state index in [1.54, 1.807) is 0 Å². The minimum Gasteiger partial charge on any atom is -0.246 e. The van der Waals surface area contributed by atoms with Gasteiger partial charge >= 0.3 is 0 Å². The summed E-state index contributed by atoms with van der Waals surface area (Å²) in [6, 6.07) is 0. The molecule has 0 bridgehead atoms. The summed E-state index contributed by atoms with van der Waals surface area (Å²) in [6.45, 7) is 6.75. The van der Waals surface area contributed by atoms with Crippen LogP contribution in [0.2, 0.25) is 10.3 Å². The Bertz CT molecular complexity index is 434. The minimum atomic E-state index is -0.0215. The second kappa shape index (κ2) is 9.61. The number of hydrogen-bond acceptors (Lipinski definition) is 1. The van der Waals surface area contributed by atoms with Gasteiger partial charge in [0.15, 0.2) is 5.15 Å². The molecule has 0 aliphatic heterocycles. The third-order valence-corrected chi connectivity index (χ3v) is 6.41. The fraction of sp³-hybridized carbons (Fsp3) is 0.812. The molecular weight excluding hydrogens is 418 g/mol. The fourth-order valence-corrected chi connectivity index (χ4v) is 3.60. The molecule has 0 aliphatic carbocycles. The van der Waals surface area contributed by atoms with Crippen molar-refractivity contribution >= 4 is 45.8 Å². The van der Waals surface area contributed by atoms with Crippen LogP contribution in [0.4, 0.5) is 0 Å². The van der Waals surface area contributed by atoms with E-state index in [2.05, 4.69) is 48.5 Å². The summed E-state index contributed by atoms with van der Waals surface area (Å²) in [7, 11) is 0. The lowest BCUT2D eigenvalue weighted by molar-refractivity contribution is 0.229. The second-order valence-electron chi connectivity index (χ2n) is 6.07. The van der Waals surface area contributed by atoms with Gasteiger partial charge in [-0.25, -0.2) is 4.68 Å². The first-order valence-electron chi connectivity index (χ1n) is 8.06. The molecule has 0 saturated heterocycles. The Kier molecular flexibility index (Phi) is 8.96. The van der Waals surface area contributed by atoms with Crippen LogP contribution < -0.4 is 0 Å². The molecule has 0 N–H and O–H groups in total. The maximum absolute atomic E-state index is 6.45. The van der Waals surface area contributed by atoms with E-state index in [9.17, 15) is 0 Å². The van der Waals surface area contributed by atoms with E-state index in [4.69, 9.17) is 23.2 Å². The lowest BCUT2D eigenvalue weighted by Gasteiger charge is -2.31. The Hall–Kier alpha value is 0.520. The average molecular weight is 445 g/mol. The van der Waals surface area contributed by atoms with E-state index >= 15 is 0 Å². The predicted octanol–water partition coefficient (Wildman–Crippen LogP) is 7.06. The van der Waals surface area contributed by atoms with Crippen molar-refractivity contribution in [1.82, 2.24) is 9.78 Å². The molecule has 0 radical (unpaired) electrons. The van der Waals surface area contributed by atoms with Crippen molar-refractivity contribution in [2.45, 2.75) is 84.1 Å². The minimum absolute atomic E-state index is 0.0215. The van der Waals surface area contributed by atoms with E-state index in [1.165, 1.54) is 44.9 Å². The Morgan fingerprint density at radius 2 is 1.57 bits per heavy atom. The van der Waals surface area contributed by atoms with E-state index in [-0.39, 0.29) is 5.54 Å². The molecule has 1 atom stereocenters. The standard InChI is InChI=1S/C16H27Cl2IN2/c1-4-6-8-9-10-12-16(3,11-7-5-2)21-15(18)13(19)14(17)20-21/h4-12H2,1-3H3. The van der Waals surface area contributed by atoms with Gasteiger partial charge in [-0.15, -0.1) is 0 Å². The van der Waals surface area contributed by atoms with Gasteiger partial charge in [-0.2, -0.15) is 5.10 Å². The van der Waals surface area contributed by atoms with Gasteiger partial charge in [0.05, 0.1) is 9.11 Å². The van der Waals surface area contributed by atoms with Crippen LogP contribution in [0.1, 0.15) is 78.6 Å². The topological polar surface area (TPSA) is 17.8 Å². The number of unbranched alkanes of at least 4 members (excludes halogenated alkanes) is 5. The van der Waals surface area contributed by atoms with Crippen molar-refractivity contribution in [3.8, 4) is 0 Å². The SMILES string of the molecule is CCCCCCCC(C)(CCCC)n1nc(Cl)c(I)c1Cl. The van der Waals surface area contributed by atoms with Gasteiger partial charge in [-0.3, -0.25) is 0 Å². The molecule has 5 heteroatoms. The van der Waals surface area contributed by atoms with Crippen molar-refractivity contribution in [1.29, 1.82) is 0 Å². The summed E-state index contributed by atoms with van der Waals surface area (Å²) in [5, 5.41) is 5.70.